The standard InChI is InChI=1S/C14H18N6S/c1-10-15-5-4-12(16-10)19-6-8-20(9-7-19)14-18-17-13(21-14)11-2-3-11/h4-5,11H,2-3,6-9H2,1H3. The maximum Gasteiger partial charge on any atom is 0.208 e. The summed E-state index contributed by atoms with van der Waals surface area (Å²) >= 11 is 1.77. The molecule has 0 amide bonds. The van der Waals surface area contributed by atoms with E-state index in [0.29, 0.717) is 5.92 Å². The van der Waals surface area contributed by atoms with Crippen LogP contribution in [0.3, 0.4) is 0 Å². The second-order valence-corrected chi connectivity index (χ2v) is 6.62. The average molecular weight is 302 g/mol. The Morgan fingerprint density at radius 2 is 1.86 bits per heavy atom. The predicted octanol–water partition coefficient (Wildman–Crippen LogP) is 1.84. The number of hydrogen-bond acceptors (Lipinski definition) is 7. The van der Waals surface area contributed by atoms with Crippen molar-refractivity contribution < 1.29 is 0 Å². The van der Waals surface area contributed by atoms with Gasteiger partial charge in [0.25, 0.3) is 0 Å². The summed E-state index contributed by atoms with van der Waals surface area (Å²) in [4.78, 5) is 13.3. The predicted molar refractivity (Wildman–Crippen MR) is 83.1 cm³/mol. The lowest BCUT2D eigenvalue weighted by Gasteiger charge is -2.35. The van der Waals surface area contributed by atoms with Crippen molar-refractivity contribution in [3.8, 4) is 0 Å². The summed E-state index contributed by atoms with van der Waals surface area (Å²) in [6.07, 6.45) is 4.40. The van der Waals surface area contributed by atoms with E-state index in [-0.39, 0.29) is 0 Å². The van der Waals surface area contributed by atoms with Crippen LogP contribution in [0.1, 0.15) is 29.6 Å². The van der Waals surface area contributed by atoms with Crippen molar-refractivity contribution in [2.45, 2.75) is 25.7 Å². The number of anilines is 2. The molecule has 0 unspecified atom stereocenters. The summed E-state index contributed by atoms with van der Waals surface area (Å²) in [6, 6.07) is 1.98. The van der Waals surface area contributed by atoms with E-state index < -0.39 is 0 Å². The normalized spacial score (nSPS) is 19.1. The minimum atomic E-state index is 0.696. The molecule has 1 saturated heterocycles. The molecular formula is C14H18N6S. The number of hydrogen-bond donors (Lipinski definition) is 0. The Labute approximate surface area is 127 Å². The molecule has 2 aliphatic rings. The number of rotatable bonds is 3. The van der Waals surface area contributed by atoms with E-state index in [4.69, 9.17) is 0 Å². The molecule has 1 aliphatic carbocycles. The fraction of sp³-hybridized carbons (Fsp3) is 0.571. The second-order valence-electron chi connectivity index (χ2n) is 5.63. The van der Waals surface area contributed by atoms with Gasteiger partial charge in [-0.25, -0.2) is 9.97 Å². The fourth-order valence-electron chi connectivity index (χ4n) is 2.60. The topological polar surface area (TPSA) is 58.0 Å². The molecule has 2 fully saturated rings. The molecule has 2 aromatic rings. The molecule has 0 atom stereocenters. The van der Waals surface area contributed by atoms with E-state index in [2.05, 4.69) is 30.0 Å². The fourth-order valence-corrected chi connectivity index (χ4v) is 3.66. The third-order valence-electron chi connectivity index (χ3n) is 3.99. The molecule has 0 bridgehead atoms. The van der Waals surface area contributed by atoms with E-state index in [0.717, 1.165) is 43.0 Å². The molecule has 4 rings (SSSR count). The Morgan fingerprint density at radius 3 is 2.57 bits per heavy atom. The van der Waals surface area contributed by atoms with Crippen LogP contribution in [0.15, 0.2) is 12.3 Å². The quantitative estimate of drug-likeness (QED) is 0.862. The van der Waals surface area contributed by atoms with Gasteiger partial charge >= 0.3 is 0 Å². The molecule has 7 heteroatoms. The lowest BCUT2D eigenvalue weighted by molar-refractivity contribution is 0.642. The Hall–Kier alpha value is -1.76. The Balaban J connectivity index is 1.41. The second kappa shape index (κ2) is 5.22. The molecular weight excluding hydrogens is 284 g/mol. The van der Waals surface area contributed by atoms with Gasteiger partial charge in [-0.15, -0.1) is 10.2 Å². The molecule has 1 saturated carbocycles. The summed E-state index contributed by atoms with van der Waals surface area (Å²) in [5.74, 6) is 2.55. The van der Waals surface area contributed by atoms with Crippen LogP contribution in [-0.2, 0) is 0 Å². The minimum Gasteiger partial charge on any atom is -0.353 e. The first-order valence-corrected chi connectivity index (χ1v) is 8.24. The van der Waals surface area contributed by atoms with E-state index >= 15 is 0 Å². The summed E-state index contributed by atoms with van der Waals surface area (Å²) in [6.45, 7) is 5.81. The van der Waals surface area contributed by atoms with Crippen LogP contribution < -0.4 is 9.80 Å². The van der Waals surface area contributed by atoms with Gasteiger partial charge in [-0.05, 0) is 25.8 Å². The van der Waals surface area contributed by atoms with Crippen molar-refractivity contribution in [3.05, 3.63) is 23.1 Å². The number of nitrogens with zero attached hydrogens (tertiary/aromatic N) is 6. The number of aryl methyl sites for hydroxylation is 1. The van der Waals surface area contributed by atoms with Gasteiger partial charge in [0.15, 0.2) is 0 Å². The maximum atomic E-state index is 4.50. The highest BCUT2D eigenvalue weighted by atomic mass is 32.1. The molecule has 0 spiro atoms. The zero-order valence-corrected chi connectivity index (χ0v) is 12.9. The summed E-state index contributed by atoms with van der Waals surface area (Å²) in [7, 11) is 0. The van der Waals surface area contributed by atoms with E-state index in [1.165, 1.54) is 17.8 Å². The SMILES string of the molecule is Cc1nccc(N2CCN(c3nnc(C4CC4)s3)CC2)n1. The zero-order valence-electron chi connectivity index (χ0n) is 12.1. The largest absolute Gasteiger partial charge is 0.353 e. The van der Waals surface area contributed by atoms with Crippen molar-refractivity contribution in [1.82, 2.24) is 20.2 Å². The molecule has 6 nitrogen and oxygen atoms in total. The lowest BCUT2D eigenvalue weighted by Crippen LogP contribution is -2.46. The van der Waals surface area contributed by atoms with Crippen molar-refractivity contribution in [2.75, 3.05) is 36.0 Å². The smallest absolute Gasteiger partial charge is 0.208 e. The Kier molecular flexibility index (Phi) is 3.21. The molecule has 2 aromatic heterocycles. The van der Waals surface area contributed by atoms with E-state index in [1.54, 1.807) is 11.3 Å². The lowest BCUT2D eigenvalue weighted by atomic mass is 10.3. The Morgan fingerprint density at radius 1 is 1.10 bits per heavy atom. The first-order valence-electron chi connectivity index (χ1n) is 7.42. The molecule has 1 aliphatic heterocycles. The van der Waals surface area contributed by atoms with Gasteiger partial charge in [0.1, 0.15) is 16.6 Å². The van der Waals surface area contributed by atoms with Gasteiger partial charge in [-0.1, -0.05) is 11.3 Å². The highest BCUT2D eigenvalue weighted by molar-refractivity contribution is 7.15. The van der Waals surface area contributed by atoms with Crippen LogP contribution in [0.4, 0.5) is 10.9 Å². The van der Waals surface area contributed by atoms with Crippen LogP contribution in [0.2, 0.25) is 0 Å². The highest BCUT2D eigenvalue weighted by Gasteiger charge is 2.29. The van der Waals surface area contributed by atoms with Crippen LogP contribution in [0, 0.1) is 6.92 Å². The van der Waals surface area contributed by atoms with E-state index in [9.17, 15) is 0 Å². The molecule has 21 heavy (non-hydrogen) atoms. The summed E-state index contributed by atoms with van der Waals surface area (Å²) < 4.78 is 0. The van der Waals surface area contributed by atoms with Crippen molar-refractivity contribution in [1.29, 1.82) is 0 Å². The molecule has 0 aromatic carbocycles. The van der Waals surface area contributed by atoms with Crippen LogP contribution in [-0.4, -0.2) is 46.3 Å². The summed E-state index contributed by atoms with van der Waals surface area (Å²) in [5.41, 5.74) is 0. The minimum absolute atomic E-state index is 0.696. The highest BCUT2D eigenvalue weighted by Crippen LogP contribution is 2.42. The Bertz CT molecular complexity index is 630. The molecule has 3 heterocycles. The average Bonchev–Trinajstić information content (AvgIpc) is 3.25. The zero-order chi connectivity index (χ0) is 14.2. The van der Waals surface area contributed by atoms with Crippen LogP contribution >= 0.6 is 11.3 Å². The molecule has 0 radical (unpaired) electrons. The molecule has 110 valence electrons. The van der Waals surface area contributed by atoms with Gasteiger partial charge < -0.3 is 9.80 Å². The summed E-state index contributed by atoms with van der Waals surface area (Å²) in [5, 5.41) is 11.0. The maximum absolute atomic E-state index is 4.50. The number of aromatic nitrogens is 4. The third kappa shape index (κ3) is 2.70. The van der Waals surface area contributed by atoms with E-state index in [1.807, 2.05) is 19.2 Å². The van der Waals surface area contributed by atoms with Crippen LogP contribution in [0.5, 0.6) is 0 Å². The van der Waals surface area contributed by atoms with Crippen molar-refractivity contribution in [2.24, 2.45) is 0 Å². The first kappa shape index (κ1) is 12.9. The first-order chi connectivity index (χ1) is 10.3. The monoisotopic (exact) mass is 302 g/mol. The van der Waals surface area contributed by atoms with Gasteiger partial charge in [0.05, 0.1) is 0 Å². The van der Waals surface area contributed by atoms with Gasteiger partial charge in [0, 0.05) is 38.3 Å². The third-order valence-corrected chi connectivity index (χ3v) is 5.14. The van der Waals surface area contributed by atoms with Gasteiger partial charge in [0.2, 0.25) is 5.13 Å². The van der Waals surface area contributed by atoms with Crippen molar-refractivity contribution >= 4 is 22.3 Å². The van der Waals surface area contributed by atoms with Crippen molar-refractivity contribution in [3.63, 3.8) is 0 Å². The molecule has 0 N–H and O–H groups in total. The number of piperazine rings is 1. The van der Waals surface area contributed by atoms with Gasteiger partial charge in [-0.3, -0.25) is 0 Å². The van der Waals surface area contributed by atoms with Gasteiger partial charge in [-0.2, -0.15) is 0 Å². The van der Waals surface area contributed by atoms with Crippen LogP contribution in [0.25, 0.3) is 0 Å².